The number of aliphatic carboxylic acids is 1. The molecule has 7 heteroatoms. The summed E-state index contributed by atoms with van der Waals surface area (Å²) in [5.74, 6) is -1.11. The zero-order valence-corrected chi connectivity index (χ0v) is 11.7. The van der Waals surface area contributed by atoms with Gasteiger partial charge >= 0.3 is 12.0 Å². The lowest BCUT2D eigenvalue weighted by atomic mass is 10.0. The van der Waals surface area contributed by atoms with Gasteiger partial charge in [0.2, 0.25) is 0 Å². The van der Waals surface area contributed by atoms with E-state index < -0.39 is 29.7 Å². The molecule has 0 radical (unpaired) electrons. The predicted molar refractivity (Wildman–Crippen MR) is 70.2 cm³/mol. The predicted octanol–water partition coefficient (Wildman–Crippen LogP) is -0.137. The van der Waals surface area contributed by atoms with Crippen molar-refractivity contribution in [3.63, 3.8) is 0 Å². The molecule has 1 aliphatic heterocycles. The number of hydrogen-bond acceptors (Lipinski definition) is 4. The summed E-state index contributed by atoms with van der Waals surface area (Å²) in [6, 6.07) is -1.44. The van der Waals surface area contributed by atoms with Crippen LogP contribution >= 0.6 is 0 Å². The topological polar surface area (TPSA) is 101 Å². The third-order valence-corrected chi connectivity index (χ3v) is 4.20. The number of urea groups is 1. The van der Waals surface area contributed by atoms with E-state index in [0.717, 1.165) is 12.8 Å². The molecular formula is C13H22N2O5. The van der Waals surface area contributed by atoms with Crippen molar-refractivity contribution >= 4 is 12.0 Å². The summed E-state index contributed by atoms with van der Waals surface area (Å²) in [6.45, 7) is 0.226. The molecule has 1 aliphatic carbocycles. The number of nitrogens with zero attached hydrogens (tertiary/aromatic N) is 2. The Labute approximate surface area is 117 Å². The van der Waals surface area contributed by atoms with E-state index >= 15 is 0 Å². The SMILES string of the molecule is CN(CC1(O)CCCC1)C(=O)N1CC(O)CC1C(=O)O. The number of carboxylic acids is 1. The largest absolute Gasteiger partial charge is 0.480 e. The molecule has 7 nitrogen and oxygen atoms in total. The second-order valence-electron chi connectivity index (χ2n) is 5.97. The van der Waals surface area contributed by atoms with Gasteiger partial charge in [0.15, 0.2) is 0 Å². The van der Waals surface area contributed by atoms with Crippen molar-refractivity contribution in [1.82, 2.24) is 9.80 Å². The summed E-state index contributed by atoms with van der Waals surface area (Å²) in [5.41, 5.74) is -0.860. The van der Waals surface area contributed by atoms with Gasteiger partial charge in [-0.3, -0.25) is 0 Å². The Morgan fingerprint density at radius 2 is 1.95 bits per heavy atom. The lowest BCUT2D eigenvalue weighted by molar-refractivity contribution is -0.141. The van der Waals surface area contributed by atoms with Crippen LogP contribution in [0.15, 0.2) is 0 Å². The molecule has 2 aliphatic rings. The Bertz CT molecular complexity index is 394. The molecule has 2 atom stereocenters. The molecule has 2 amide bonds. The third kappa shape index (κ3) is 3.04. The lowest BCUT2D eigenvalue weighted by Crippen LogP contribution is -2.50. The molecule has 114 valence electrons. The fraction of sp³-hybridized carbons (Fsp3) is 0.846. The van der Waals surface area contributed by atoms with Gasteiger partial charge in [-0.05, 0) is 12.8 Å². The van der Waals surface area contributed by atoms with Crippen molar-refractivity contribution in [3.8, 4) is 0 Å². The van der Waals surface area contributed by atoms with Crippen LogP contribution in [0.4, 0.5) is 4.79 Å². The number of amides is 2. The van der Waals surface area contributed by atoms with E-state index in [0.29, 0.717) is 12.8 Å². The smallest absolute Gasteiger partial charge is 0.326 e. The van der Waals surface area contributed by atoms with Crippen LogP contribution in [-0.2, 0) is 4.79 Å². The molecule has 1 heterocycles. The maximum atomic E-state index is 12.3. The first-order chi connectivity index (χ1) is 9.32. The zero-order chi connectivity index (χ0) is 14.9. The number of carboxylic acid groups (broad SMARTS) is 1. The number of aliphatic hydroxyl groups excluding tert-OH is 1. The molecule has 0 bridgehead atoms. The van der Waals surface area contributed by atoms with Gasteiger partial charge in [0.05, 0.1) is 18.2 Å². The Hall–Kier alpha value is -1.34. The number of β-amino-alcohol motifs (C(OH)–C–C–N with tert-alkyl or cyclic N) is 1. The molecule has 1 saturated heterocycles. The summed E-state index contributed by atoms with van der Waals surface area (Å²) in [4.78, 5) is 26.0. The molecule has 2 fully saturated rings. The van der Waals surface area contributed by atoms with Crippen LogP contribution in [0.25, 0.3) is 0 Å². The quantitative estimate of drug-likeness (QED) is 0.670. The molecule has 0 aromatic rings. The summed E-state index contributed by atoms with van der Waals surface area (Å²) in [5, 5.41) is 29.0. The van der Waals surface area contributed by atoms with Crippen LogP contribution in [0.1, 0.15) is 32.1 Å². The molecule has 2 rings (SSSR count). The average molecular weight is 286 g/mol. The molecule has 0 spiro atoms. The summed E-state index contributed by atoms with van der Waals surface area (Å²) < 4.78 is 0. The number of carbonyl (C=O) groups is 2. The van der Waals surface area contributed by atoms with Gasteiger partial charge in [0, 0.05) is 20.0 Å². The standard InChI is InChI=1S/C13H22N2O5/c1-14(8-13(20)4-2-3-5-13)12(19)15-7-9(16)6-10(15)11(17)18/h9-10,16,20H,2-8H2,1H3,(H,17,18). The maximum absolute atomic E-state index is 12.3. The normalized spacial score (nSPS) is 28.6. The van der Waals surface area contributed by atoms with E-state index in [4.69, 9.17) is 5.11 Å². The Morgan fingerprint density at radius 3 is 2.50 bits per heavy atom. The highest BCUT2D eigenvalue weighted by molar-refractivity contribution is 5.83. The number of likely N-dealkylation sites (tertiary alicyclic amines) is 1. The molecule has 1 saturated carbocycles. The van der Waals surface area contributed by atoms with Crippen LogP contribution in [0, 0.1) is 0 Å². The highest BCUT2D eigenvalue weighted by Crippen LogP contribution is 2.30. The van der Waals surface area contributed by atoms with Gasteiger partial charge in [0.1, 0.15) is 6.04 Å². The monoisotopic (exact) mass is 286 g/mol. The molecule has 0 aromatic heterocycles. The summed E-state index contributed by atoms with van der Waals surface area (Å²) in [7, 11) is 1.56. The number of aliphatic hydroxyl groups is 2. The van der Waals surface area contributed by atoms with Gasteiger partial charge in [0.25, 0.3) is 0 Å². The van der Waals surface area contributed by atoms with Crippen LogP contribution < -0.4 is 0 Å². The molecule has 2 unspecified atom stereocenters. The summed E-state index contributed by atoms with van der Waals surface area (Å²) >= 11 is 0. The highest BCUT2D eigenvalue weighted by Gasteiger charge is 2.41. The fourth-order valence-electron chi connectivity index (χ4n) is 3.18. The van der Waals surface area contributed by atoms with Crippen LogP contribution in [0.3, 0.4) is 0 Å². The molecule has 0 aromatic carbocycles. The van der Waals surface area contributed by atoms with Gasteiger partial charge in [-0.2, -0.15) is 0 Å². The molecule has 3 N–H and O–H groups in total. The Kier molecular flexibility index (Phi) is 4.19. The molecular weight excluding hydrogens is 264 g/mol. The van der Waals surface area contributed by atoms with Crippen molar-refractivity contribution in [2.75, 3.05) is 20.1 Å². The first kappa shape index (κ1) is 15.1. The summed E-state index contributed by atoms with van der Waals surface area (Å²) in [6.07, 6.45) is 2.46. The van der Waals surface area contributed by atoms with E-state index in [1.165, 1.54) is 9.80 Å². The van der Waals surface area contributed by atoms with Crippen LogP contribution in [0.2, 0.25) is 0 Å². The van der Waals surface area contributed by atoms with E-state index in [9.17, 15) is 19.8 Å². The number of hydrogen-bond donors (Lipinski definition) is 3. The van der Waals surface area contributed by atoms with Gasteiger partial charge in [-0.25, -0.2) is 9.59 Å². The van der Waals surface area contributed by atoms with E-state index in [2.05, 4.69) is 0 Å². The van der Waals surface area contributed by atoms with Crippen molar-refractivity contribution in [2.45, 2.75) is 49.9 Å². The minimum absolute atomic E-state index is 0.0264. The first-order valence-electron chi connectivity index (χ1n) is 6.97. The second-order valence-corrected chi connectivity index (χ2v) is 5.97. The Balaban J connectivity index is 2.00. The minimum atomic E-state index is -1.11. The number of likely N-dealkylation sites (N-methyl/N-ethyl adjacent to an activating group) is 1. The second kappa shape index (κ2) is 5.57. The highest BCUT2D eigenvalue weighted by atomic mass is 16.4. The lowest BCUT2D eigenvalue weighted by Gasteiger charge is -2.32. The van der Waals surface area contributed by atoms with Crippen molar-refractivity contribution in [3.05, 3.63) is 0 Å². The van der Waals surface area contributed by atoms with E-state index in [1.807, 2.05) is 0 Å². The van der Waals surface area contributed by atoms with Gasteiger partial charge in [-0.15, -0.1) is 0 Å². The van der Waals surface area contributed by atoms with Gasteiger partial charge in [-0.1, -0.05) is 12.8 Å². The molecule has 20 heavy (non-hydrogen) atoms. The number of rotatable bonds is 3. The average Bonchev–Trinajstić information content (AvgIpc) is 2.94. The van der Waals surface area contributed by atoms with Gasteiger partial charge < -0.3 is 25.1 Å². The van der Waals surface area contributed by atoms with E-state index in [-0.39, 0.29) is 19.5 Å². The van der Waals surface area contributed by atoms with Crippen LogP contribution in [-0.4, -0.2) is 75.0 Å². The minimum Gasteiger partial charge on any atom is -0.480 e. The maximum Gasteiger partial charge on any atom is 0.326 e. The number of carbonyl (C=O) groups excluding carboxylic acids is 1. The Morgan fingerprint density at radius 1 is 1.35 bits per heavy atom. The zero-order valence-electron chi connectivity index (χ0n) is 11.7. The van der Waals surface area contributed by atoms with Crippen LogP contribution in [0.5, 0.6) is 0 Å². The first-order valence-corrected chi connectivity index (χ1v) is 6.97. The van der Waals surface area contributed by atoms with Crippen molar-refractivity contribution < 1.29 is 24.9 Å². The van der Waals surface area contributed by atoms with E-state index in [1.54, 1.807) is 7.05 Å². The van der Waals surface area contributed by atoms with Crippen molar-refractivity contribution in [1.29, 1.82) is 0 Å². The van der Waals surface area contributed by atoms with Crippen molar-refractivity contribution in [2.24, 2.45) is 0 Å². The third-order valence-electron chi connectivity index (χ3n) is 4.20. The fourth-order valence-corrected chi connectivity index (χ4v) is 3.18.